The van der Waals surface area contributed by atoms with Crippen molar-refractivity contribution in [2.75, 3.05) is 0 Å². The molecule has 2 aromatic rings. The summed E-state index contributed by atoms with van der Waals surface area (Å²) in [4.78, 5) is 0. The van der Waals surface area contributed by atoms with Crippen molar-refractivity contribution in [3.8, 4) is 0 Å². The SMILES string of the molecule is CC1(C)Cc2c(ccn2C2CC2c2ccccc2)C(N)C1. The van der Waals surface area contributed by atoms with Crippen LogP contribution in [0.1, 0.15) is 61.5 Å². The first-order valence-corrected chi connectivity index (χ1v) is 8.05. The van der Waals surface area contributed by atoms with Crippen molar-refractivity contribution in [2.45, 2.75) is 51.1 Å². The molecule has 2 N–H and O–H groups in total. The Morgan fingerprint density at radius 3 is 2.67 bits per heavy atom. The molecule has 3 atom stereocenters. The van der Waals surface area contributed by atoms with Crippen LogP contribution in [0.15, 0.2) is 42.6 Å². The maximum absolute atomic E-state index is 6.39. The molecular weight excluding hydrogens is 256 g/mol. The molecule has 0 aliphatic heterocycles. The Bertz CT molecular complexity index is 653. The second-order valence-corrected chi connectivity index (χ2v) is 7.60. The number of hydrogen-bond donors (Lipinski definition) is 1. The van der Waals surface area contributed by atoms with Crippen LogP contribution in [0, 0.1) is 5.41 Å². The van der Waals surface area contributed by atoms with Gasteiger partial charge in [0.05, 0.1) is 0 Å². The monoisotopic (exact) mass is 280 g/mol. The zero-order valence-electron chi connectivity index (χ0n) is 12.9. The second kappa shape index (κ2) is 4.48. The van der Waals surface area contributed by atoms with E-state index in [9.17, 15) is 0 Å². The molecule has 0 amide bonds. The highest BCUT2D eigenvalue weighted by atomic mass is 15.1. The number of benzene rings is 1. The third-order valence-electron chi connectivity index (χ3n) is 5.22. The molecule has 1 fully saturated rings. The van der Waals surface area contributed by atoms with E-state index in [1.165, 1.54) is 23.2 Å². The van der Waals surface area contributed by atoms with E-state index in [1.54, 1.807) is 0 Å². The summed E-state index contributed by atoms with van der Waals surface area (Å²) in [6.07, 6.45) is 5.79. The van der Waals surface area contributed by atoms with Gasteiger partial charge in [-0.05, 0) is 41.9 Å². The smallest absolute Gasteiger partial charge is 0.0409 e. The molecule has 21 heavy (non-hydrogen) atoms. The Morgan fingerprint density at radius 2 is 1.90 bits per heavy atom. The lowest BCUT2D eigenvalue weighted by atomic mass is 9.74. The van der Waals surface area contributed by atoms with Gasteiger partial charge in [0.2, 0.25) is 0 Å². The lowest BCUT2D eigenvalue weighted by Crippen LogP contribution is -2.30. The molecule has 1 saturated carbocycles. The van der Waals surface area contributed by atoms with Gasteiger partial charge in [-0.3, -0.25) is 0 Å². The summed E-state index contributed by atoms with van der Waals surface area (Å²) in [5, 5.41) is 0. The molecule has 0 spiro atoms. The summed E-state index contributed by atoms with van der Waals surface area (Å²) in [5.74, 6) is 0.684. The van der Waals surface area contributed by atoms with Crippen molar-refractivity contribution < 1.29 is 0 Å². The third-order valence-corrected chi connectivity index (χ3v) is 5.22. The molecule has 0 bridgehead atoms. The van der Waals surface area contributed by atoms with Gasteiger partial charge in [-0.2, -0.15) is 0 Å². The van der Waals surface area contributed by atoms with E-state index in [4.69, 9.17) is 5.73 Å². The fraction of sp³-hybridized carbons (Fsp3) is 0.474. The lowest BCUT2D eigenvalue weighted by Gasteiger charge is -2.34. The maximum Gasteiger partial charge on any atom is 0.0409 e. The molecule has 2 nitrogen and oxygen atoms in total. The van der Waals surface area contributed by atoms with E-state index in [0.29, 0.717) is 17.4 Å². The molecule has 2 aliphatic carbocycles. The highest BCUT2D eigenvalue weighted by molar-refractivity contribution is 5.34. The van der Waals surface area contributed by atoms with Gasteiger partial charge >= 0.3 is 0 Å². The van der Waals surface area contributed by atoms with Crippen molar-refractivity contribution in [1.29, 1.82) is 0 Å². The highest BCUT2D eigenvalue weighted by Gasteiger charge is 2.42. The van der Waals surface area contributed by atoms with Crippen molar-refractivity contribution >= 4 is 0 Å². The standard InChI is InChI=1S/C19H24N2/c1-19(2)11-16(20)14-8-9-21(18(14)12-19)17-10-15(17)13-6-4-3-5-7-13/h3-9,15-17H,10-12,20H2,1-2H3. The van der Waals surface area contributed by atoms with Gasteiger partial charge in [0.1, 0.15) is 0 Å². The maximum atomic E-state index is 6.39. The fourth-order valence-corrected chi connectivity index (χ4v) is 4.12. The van der Waals surface area contributed by atoms with E-state index in [2.05, 4.69) is 61.0 Å². The first-order chi connectivity index (χ1) is 10.1. The summed E-state index contributed by atoms with van der Waals surface area (Å²) in [7, 11) is 0. The molecule has 1 heterocycles. The Hall–Kier alpha value is -1.54. The molecule has 110 valence electrons. The van der Waals surface area contributed by atoms with Crippen LogP contribution in [-0.2, 0) is 6.42 Å². The Balaban J connectivity index is 1.64. The predicted molar refractivity (Wildman–Crippen MR) is 86.3 cm³/mol. The van der Waals surface area contributed by atoms with E-state index in [1.807, 2.05) is 0 Å². The predicted octanol–water partition coefficient (Wildman–Crippen LogP) is 4.19. The first-order valence-electron chi connectivity index (χ1n) is 8.05. The Kier molecular flexibility index (Phi) is 2.80. The number of hydrogen-bond acceptors (Lipinski definition) is 1. The number of nitrogens with two attached hydrogens (primary N) is 1. The molecule has 2 heteroatoms. The Labute approximate surface area is 127 Å². The minimum atomic E-state index is 0.207. The first kappa shape index (κ1) is 13.1. The van der Waals surface area contributed by atoms with Gasteiger partial charge in [0.25, 0.3) is 0 Å². The van der Waals surface area contributed by atoms with Gasteiger partial charge in [0, 0.05) is 29.9 Å². The van der Waals surface area contributed by atoms with Gasteiger partial charge in [-0.15, -0.1) is 0 Å². The topological polar surface area (TPSA) is 30.9 Å². The van der Waals surface area contributed by atoms with E-state index in [-0.39, 0.29) is 6.04 Å². The zero-order chi connectivity index (χ0) is 14.6. The number of fused-ring (bicyclic) bond motifs is 1. The zero-order valence-corrected chi connectivity index (χ0v) is 12.9. The number of rotatable bonds is 2. The molecule has 0 radical (unpaired) electrons. The largest absolute Gasteiger partial charge is 0.347 e. The summed E-state index contributed by atoms with van der Waals surface area (Å²) in [6, 6.07) is 14.0. The highest BCUT2D eigenvalue weighted by Crippen LogP contribution is 2.53. The molecule has 1 aromatic carbocycles. The average molecular weight is 280 g/mol. The summed E-state index contributed by atoms with van der Waals surface area (Å²) < 4.78 is 2.52. The van der Waals surface area contributed by atoms with Crippen molar-refractivity contribution in [3.05, 3.63) is 59.4 Å². The number of nitrogens with zero attached hydrogens (tertiary/aromatic N) is 1. The minimum Gasteiger partial charge on any atom is -0.347 e. The van der Waals surface area contributed by atoms with E-state index < -0.39 is 0 Å². The van der Waals surface area contributed by atoms with Crippen molar-refractivity contribution in [1.82, 2.24) is 4.57 Å². The average Bonchev–Trinajstić information content (AvgIpc) is 3.12. The normalized spacial score (nSPS) is 30.0. The second-order valence-electron chi connectivity index (χ2n) is 7.60. The van der Waals surface area contributed by atoms with Crippen LogP contribution in [0.4, 0.5) is 0 Å². The van der Waals surface area contributed by atoms with Crippen molar-refractivity contribution in [2.24, 2.45) is 11.1 Å². The van der Waals surface area contributed by atoms with E-state index in [0.717, 1.165) is 12.8 Å². The fourth-order valence-electron chi connectivity index (χ4n) is 4.12. The van der Waals surface area contributed by atoms with Crippen LogP contribution in [0.25, 0.3) is 0 Å². The lowest BCUT2D eigenvalue weighted by molar-refractivity contribution is 0.275. The molecule has 2 aliphatic rings. The van der Waals surface area contributed by atoms with Gasteiger partial charge in [-0.25, -0.2) is 0 Å². The molecule has 0 saturated heterocycles. The summed E-state index contributed by atoms with van der Waals surface area (Å²) in [5.41, 5.74) is 11.1. The van der Waals surface area contributed by atoms with Crippen LogP contribution >= 0.6 is 0 Å². The van der Waals surface area contributed by atoms with Gasteiger partial charge in [-0.1, -0.05) is 44.2 Å². The Morgan fingerprint density at radius 1 is 1.14 bits per heavy atom. The molecule has 4 rings (SSSR count). The molecular formula is C19H24N2. The van der Waals surface area contributed by atoms with Crippen LogP contribution in [0.5, 0.6) is 0 Å². The molecule has 1 aromatic heterocycles. The number of aromatic nitrogens is 1. The van der Waals surface area contributed by atoms with Crippen LogP contribution in [0.3, 0.4) is 0 Å². The minimum absolute atomic E-state index is 0.207. The van der Waals surface area contributed by atoms with Gasteiger partial charge in [0.15, 0.2) is 0 Å². The molecule has 3 unspecified atom stereocenters. The van der Waals surface area contributed by atoms with E-state index >= 15 is 0 Å². The van der Waals surface area contributed by atoms with Crippen LogP contribution in [-0.4, -0.2) is 4.57 Å². The van der Waals surface area contributed by atoms with Crippen molar-refractivity contribution in [3.63, 3.8) is 0 Å². The summed E-state index contributed by atoms with van der Waals surface area (Å²) >= 11 is 0. The van der Waals surface area contributed by atoms with Crippen LogP contribution < -0.4 is 5.73 Å². The summed E-state index contributed by atoms with van der Waals surface area (Å²) in [6.45, 7) is 4.68. The van der Waals surface area contributed by atoms with Gasteiger partial charge < -0.3 is 10.3 Å². The van der Waals surface area contributed by atoms with Crippen LogP contribution in [0.2, 0.25) is 0 Å². The quantitative estimate of drug-likeness (QED) is 0.878. The third kappa shape index (κ3) is 2.22.